The van der Waals surface area contributed by atoms with Crippen molar-refractivity contribution in [2.75, 3.05) is 11.9 Å². The van der Waals surface area contributed by atoms with Gasteiger partial charge in [-0.1, -0.05) is 23.7 Å². The zero-order chi connectivity index (χ0) is 21.8. The predicted molar refractivity (Wildman–Crippen MR) is 117 cm³/mol. The molecule has 0 spiro atoms. The van der Waals surface area contributed by atoms with E-state index in [1.165, 1.54) is 0 Å². The zero-order valence-corrected chi connectivity index (χ0v) is 18.2. The second-order valence-electron chi connectivity index (χ2n) is 7.03. The molecule has 1 N–H and O–H groups in total. The third-order valence-electron chi connectivity index (χ3n) is 4.66. The number of pyridine rings is 1. The number of carbonyl (C=O) groups excluding carboxylic acids is 2. The Morgan fingerprint density at radius 3 is 2.57 bits per heavy atom. The van der Waals surface area contributed by atoms with Gasteiger partial charge in [0.25, 0.3) is 5.91 Å². The van der Waals surface area contributed by atoms with Crippen molar-refractivity contribution >= 4 is 29.1 Å². The van der Waals surface area contributed by atoms with Crippen LogP contribution in [-0.4, -0.2) is 38.0 Å². The molecule has 8 heteroatoms. The van der Waals surface area contributed by atoms with E-state index in [9.17, 15) is 9.59 Å². The number of nitrogens with zero attached hydrogens (tertiary/aromatic N) is 4. The number of rotatable bonds is 6. The van der Waals surface area contributed by atoms with Gasteiger partial charge in [-0.2, -0.15) is 5.10 Å². The second kappa shape index (κ2) is 9.09. The third kappa shape index (κ3) is 4.86. The molecule has 1 aromatic carbocycles. The molecule has 30 heavy (non-hydrogen) atoms. The molecule has 0 saturated heterocycles. The second-order valence-corrected chi connectivity index (χ2v) is 7.43. The minimum Gasteiger partial charge on any atom is -0.339 e. The van der Waals surface area contributed by atoms with Gasteiger partial charge in [-0.25, -0.2) is 9.67 Å². The maximum absolute atomic E-state index is 12.9. The van der Waals surface area contributed by atoms with Crippen LogP contribution in [0.1, 0.15) is 41.3 Å². The van der Waals surface area contributed by atoms with Crippen LogP contribution >= 0.6 is 11.6 Å². The topological polar surface area (TPSA) is 80.1 Å². The molecule has 0 fully saturated rings. The van der Waals surface area contributed by atoms with E-state index in [2.05, 4.69) is 15.4 Å². The van der Waals surface area contributed by atoms with E-state index >= 15 is 0 Å². The van der Waals surface area contributed by atoms with Crippen LogP contribution in [-0.2, 0) is 11.3 Å². The fourth-order valence-corrected chi connectivity index (χ4v) is 3.36. The number of halogens is 1. The lowest BCUT2D eigenvalue weighted by atomic mass is 10.2. The number of anilines is 1. The van der Waals surface area contributed by atoms with E-state index in [4.69, 9.17) is 11.6 Å². The van der Waals surface area contributed by atoms with E-state index < -0.39 is 5.91 Å². The first-order chi connectivity index (χ1) is 14.3. The average molecular weight is 426 g/mol. The summed E-state index contributed by atoms with van der Waals surface area (Å²) in [5, 5.41) is 7.50. The summed E-state index contributed by atoms with van der Waals surface area (Å²) in [7, 11) is 0. The van der Waals surface area contributed by atoms with Crippen LogP contribution in [0.25, 0.3) is 5.82 Å². The maximum Gasteiger partial charge on any atom is 0.275 e. The summed E-state index contributed by atoms with van der Waals surface area (Å²) in [6, 6.07) is 12.7. The molecule has 2 amide bonds. The highest BCUT2D eigenvalue weighted by Crippen LogP contribution is 2.20. The van der Waals surface area contributed by atoms with E-state index in [1.807, 2.05) is 45.0 Å². The summed E-state index contributed by atoms with van der Waals surface area (Å²) in [4.78, 5) is 30.7. The van der Waals surface area contributed by atoms with Crippen molar-refractivity contribution in [3.8, 4) is 5.82 Å². The monoisotopic (exact) mass is 425 g/mol. The van der Waals surface area contributed by atoms with Crippen LogP contribution in [0.5, 0.6) is 0 Å². The number of carbonyl (C=O) groups is 2. The standard InChI is InChI=1S/C22H24ClN5O2/c1-5-27(16(4)29)13-17-7-6-8-18(12-17)24-22(30)21-19(23)9-10-20(25-21)28-15(3)11-14(2)26-28/h6-12H,5,13H2,1-4H3,(H,24,30). The quantitative estimate of drug-likeness (QED) is 0.643. The van der Waals surface area contributed by atoms with Crippen LogP contribution in [0.2, 0.25) is 5.02 Å². The molecule has 0 aliphatic rings. The van der Waals surface area contributed by atoms with Gasteiger partial charge in [-0.3, -0.25) is 9.59 Å². The minimum atomic E-state index is -0.417. The van der Waals surface area contributed by atoms with Crippen molar-refractivity contribution in [1.29, 1.82) is 0 Å². The van der Waals surface area contributed by atoms with Crippen LogP contribution < -0.4 is 5.32 Å². The van der Waals surface area contributed by atoms with E-state index in [1.54, 1.807) is 34.7 Å². The molecule has 2 heterocycles. The third-order valence-corrected chi connectivity index (χ3v) is 4.96. The minimum absolute atomic E-state index is 0.00360. The molecule has 156 valence electrons. The first-order valence-electron chi connectivity index (χ1n) is 9.64. The van der Waals surface area contributed by atoms with Gasteiger partial charge in [-0.05, 0) is 56.7 Å². The molecule has 0 saturated carbocycles. The highest BCUT2D eigenvalue weighted by Gasteiger charge is 2.16. The summed E-state index contributed by atoms with van der Waals surface area (Å²) in [6.45, 7) is 8.37. The van der Waals surface area contributed by atoms with Gasteiger partial charge in [0.1, 0.15) is 5.69 Å². The lowest BCUT2D eigenvalue weighted by molar-refractivity contribution is -0.129. The Balaban J connectivity index is 1.83. The Kier molecular flexibility index (Phi) is 6.52. The largest absolute Gasteiger partial charge is 0.339 e. The molecule has 0 aliphatic heterocycles. The van der Waals surface area contributed by atoms with Crippen LogP contribution in [0.4, 0.5) is 5.69 Å². The fraction of sp³-hybridized carbons (Fsp3) is 0.273. The van der Waals surface area contributed by atoms with Crippen molar-refractivity contribution < 1.29 is 9.59 Å². The van der Waals surface area contributed by atoms with Crippen molar-refractivity contribution in [2.24, 2.45) is 0 Å². The average Bonchev–Trinajstić information content (AvgIpc) is 3.04. The van der Waals surface area contributed by atoms with Gasteiger partial charge in [0.2, 0.25) is 5.91 Å². The first-order valence-corrected chi connectivity index (χ1v) is 10.0. The van der Waals surface area contributed by atoms with E-state index in [-0.39, 0.29) is 16.6 Å². The van der Waals surface area contributed by atoms with Crippen LogP contribution in [0, 0.1) is 13.8 Å². The number of amides is 2. The Labute approximate surface area is 180 Å². The van der Waals surface area contributed by atoms with Gasteiger partial charge in [0, 0.05) is 31.4 Å². The van der Waals surface area contributed by atoms with Crippen molar-refractivity contribution in [2.45, 2.75) is 34.2 Å². The van der Waals surface area contributed by atoms with Gasteiger partial charge >= 0.3 is 0 Å². The first kappa shape index (κ1) is 21.5. The van der Waals surface area contributed by atoms with Crippen molar-refractivity contribution in [1.82, 2.24) is 19.7 Å². The number of hydrogen-bond acceptors (Lipinski definition) is 4. The number of aryl methyl sites for hydroxylation is 2. The molecule has 0 unspecified atom stereocenters. The Morgan fingerprint density at radius 2 is 1.93 bits per heavy atom. The maximum atomic E-state index is 12.9. The molecule has 3 aromatic rings. The predicted octanol–water partition coefficient (Wildman–Crippen LogP) is 4.16. The Bertz CT molecular complexity index is 1090. The van der Waals surface area contributed by atoms with Crippen molar-refractivity contribution in [3.05, 3.63) is 70.1 Å². The summed E-state index contributed by atoms with van der Waals surface area (Å²) >= 11 is 6.25. The van der Waals surface area contributed by atoms with Gasteiger partial charge < -0.3 is 10.2 Å². The SMILES string of the molecule is CCN(Cc1cccc(NC(=O)c2nc(-n3nc(C)cc3C)ccc2Cl)c1)C(C)=O. The molecular formula is C22H24ClN5O2. The molecule has 0 atom stereocenters. The highest BCUT2D eigenvalue weighted by atomic mass is 35.5. The normalized spacial score (nSPS) is 10.7. The van der Waals surface area contributed by atoms with Gasteiger partial charge in [0.05, 0.1) is 10.7 Å². The summed E-state index contributed by atoms with van der Waals surface area (Å²) in [6.07, 6.45) is 0. The highest BCUT2D eigenvalue weighted by molar-refractivity contribution is 6.34. The summed E-state index contributed by atoms with van der Waals surface area (Å²) in [5.41, 5.74) is 3.41. The fourth-order valence-electron chi connectivity index (χ4n) is 3.17. The lowest BCUT2D eigenvalue weighted by Gasteiger charge is -2.19. The number of hydrogen-bond donors (Lipinski definition) is 1. The smallest absolute Gasteiger partial charge is 0.275 e. The molecule has 0 aliphatic carbocycles. The van der Waals surface area contributed by atoms with E-state index in [0.29, 0.717) is 24.6 Å². The Morgan fingerprint density at radius 1 is 1.17 bits per heavy atom. The van der Waals surface area contributed by atoms with Crippen LogP contribution in [0.15, 0.2) is 42.5 Å². The Hall–Kier alpha value is -3.19. The molecular weight excluding hydrogens is 402 g/mol. The summed E-state index contributed by atoms with van der Waals surface area (Å²) in [5.74, 6) is 0.104. The molecule has 2 aromatic heterocycles. The van der Waals surface area contributed by atoms with Gasteiger partial charge in [0.15, 0.2) is 5.82 Å². The lowest BCUT2D eigenvalue weighted by Crippen LogP contribution is -2.27. The van der Waals surface area contributed by atoms with Gasteiger partial charge in [-0.15, -0.1) is 0 Å². The summed E-state index contributed by atoms with van der Waals surface area (Å²) < 4.78 is 1.67. The molecule has 7 nitrogen and oxygen atoms in total. The molecule has 0 bridgehead atoms. The number of aromatic nitrogens is 3. The van der Waals surface area contributed by atoms with E-state index in [0.717, 1.165) is 17.0 Å². The zero-order valence-electron chi connectivity index (χ0n) is 17.4. The number of nitrogens with one attached hydrogen (secondary N) is 1. The van der Waals surface area contributed by atoms with Crippen LogP contribution in [0.3, 0.4) is 0 Å². The van der Waals surface area contributed by atoms with Crippen molar-refractivity contribution in [3.63, 3.8) is 0 Å². The molecule has 3 rings (SSSR count). The number of benzene rings is 1. The molecule has 0 radical (unpaired) electrons.